The summed E-state index contributed by atoms with van der Waals surface area (Å²) in [6, 6.07) is 15.0. The van der Waals surface area contributed by atoms with E-state index in [1.54, 1.807) is 0 Å². The van der Waals surface area contributed by atoms with E-state index in [2.05, 4.69) is 60.5 Å². The number of hydrogen-bond donors (Lipinski definition) is 2. The van der Waals surface area contributed by atoms with E-state index < -0.39 is 5.97 Å². The molecule has 1 unspecified atom stereocenters. The second-order valence-corrected chi connectivity index (χ2v) is 7.81. The smallest absolute Gasteiger partial charge is 0.309 e. The average molecular weight is 387 g/mol. The lowest BCUT2D eigenvalue weighted by Gasteiger charge is -2.41. The van der Waals surface area contributed by atoms with Gasteiger partial charge in [0, 0.05) is 29.8 Å². The van der Waals surface area contributed by atoms with Gasteiger partial charge >= 0.3 is 5.97 Å². The fourth-order valence-corrected chi connectivity index (χ4v) is 3.71. The Hall–Kier alpha value is -2.04. The Bertz CT molecular complexity index is 818. The Balaban J connectivity index is 1.71. The summed E-state index contributed by atoms with van der Waals surface area (Å²) >= 11 is 6.16. The molecule has 27 heavy (non-hydrogen) atoms. The van der Waals surface area contributed by atoms with Crippen LogP contribution in [0.5, 0.6) is 0 Å². The molecule has 1 aliphatic rings. The van der Waals surface area contributed by atoms with Crippen molar-refractivity contribution in [2.75, 3.05) is 18.4 Å². The van der Waals surface area contributed by atoms with Gasteiger partial charge in [0.1, 0.15) is 0 Å². The van der Waals surface area contributed by atoms with Crippen LogP contribution < -0.4 is 5.32 Å². The predicted octanol–water partition coefficient (Wildman–Crippen LogP) is 5.29. The molecule has 0 saturated carbocycles. The summed E-state index contributed by atoms with van der Waals surface area (Å²) in [5, 5.41) is 13.5. The van der Waals surface area contributed by atoms with E-state index in [0.29, 0.717) is 13.1 Å². The van der Waals surface area contributed by atoms with Gasteiger partial charge in [0.2, 0.25) is 0 Å². The maximum absolute atomic E-state index is 11.0. The summed E-state index contributed by atoms with van der Waals surface area (Å²) in [5.74, 6) is -0.927. The molecule has 2 atom stereocenters. The first-order valence-corrected chi connectivity index (χ1v) is 9.86. The number of nitrogens with zero attached hydrogens (tertiary/aromatic N) is 1. The largest absolute Gasteiger partial charge is 0.481 e. The molecule has 5 heteroatoms. The number of halogens is 1. The first-order chi connectivity index (χ1) is 12.9. The molecule has 144 valence electrons. The van der Waals surface area contributed by atoms with Crippen LogP contribution in [0, 0.1) is 12.8 Å². The minimum Gasteiger partial charge on any atom is -0.481 e. The number of carboxylic acid groups (broad SMARTS) is 1. The van der Waals surface area contributed by atoms with Gasteiger partial charge in [-0.05, 0) is 55.2 Å². The molecule has 2 N–H and O–H groups in total. The molecule has 0 aliphatic carbocycles. The summed E-state index contributed by atoms with van der Waals surface area (Å²) in [5.41, 5.74) is 4.59. The molecule has 0 radical (unpaired) electrons. The van der Waals surface area contributed by atoms with E-state index in [9.17, 15) is 4.79 Å². The van der Waals surface area contributed by atoms with Gasteiger partial charge in [-0.15, -0.1) is 0 Å². The lowest BCUT2D eigenvalue weighted by molar-refractivity contribution is -0.148. The molecule has 0 spiro atoms. The van der Waals surface area contributed by atoms with Gasteiger partial charge in [-0.3, -0.25) is 9.69 Å². The highest BCUT2D eigenvalue weighted by atomic mass is 35.5. The topological polar surface area (TPSA) is 52.6 Å². The number of rotatable bonds is 7. The summed E-state index contributed by atoms with van der Waals surface area (Å²) in [4.78, 5) is 13.2. The van der Waals surface area contributed by atoms with Gasteiger partial charge in [0.25, 0.3) is 0 Å². The quantitative estimate of drug-likeness (QED) is 0.678. The SMILES string of the molecule is CC[C@@H](Nc1cccc(C(C)N2CC(C(=O)O)C2)c1)c1ccc(Cl)c(C)c1. The highest BCUT2D eigenvalue weighted by Crippen LogP contribution is 2.31. The van der Waals surface area contributed by atoms with Gasteiger partial charge in [-0.1, -0.05) is 42.8 Å². The van der Waals surface area contributed by atoms with Crippen LogP contribution in [0.15, 0.2) is 42.5 Å². The fourth-order valence-electron chi connectivity index (χ4n) is 3.59. The number of likely N-dealkylation sites (tertiary alicyclic amines) is 1. The lowest BCUT2D eigenvalue weighted by Crippen LogP contribution is -2.51. The van der Waals surface area contributed by atoms with Crippen molar-refractivity contribution in [3.8, 4) is 0 Å². The van der Waals surface area contributed by atoms with Crippen molar-refractivity contribution in [1.29, 1.82) is 0 Å². The highest BCUT2D eigenvalue weighted by molar-refractivity contribution is 6.31. The van der Waals surface area contributed by atoms with Crippen molar-refractivity contribution in [2.24, 2.45) is 5.92 Å². The lowest BCUT2D eigenvalue weighted by atomic mass is 9.95. The van der Waals surface area contributed by atoms with Crippen LogP contribution >= 0.6 is 11.6 Å². The van der Waals surface area contributed by atoms with Crippen LogP contribution in [-0.4, -0.2) is 29.1 Å². The molecule has 3 rings (SSSR count). The Labute approximate surface area is 166 Å². The second kappa shape index (κ2) is 8.32. The van der Waals surface area contributed by atoms with Gasteiger partial charge in [-0.2, -0.15) is 0 Å². The Morgan fingerprint density at radius 1 is 1.26 bits per heavy atom. The number of nitrogens with one attached hydrogen (secondary N) is 1. The number of aryl methyl sites for hydroxylation is 1. The molecule has 4 nitrogen and oxygen atoms in total. The first-order valence-electron chi connectivity index (χ1n) is 9.48. The maximum Gasteiger partial charge on any atom is 0.309 e. The third-order valence-electron chi connectivity index (χ3n) is 5.51. The maximum atomic E-state index is 11.0. The van der Waals surface area contributed by atoms with Crippen LogP contribution in [0.3, 0.4) is 0 Å². The van der Waals surface area contributed by atoms with Crippen LogP contribution in [0.4, 0.5) is 5.69 Å². The van der Waals surface area contributed by atoms with Crippen LogP contribution in [0.25, 0.3) is 0 Å². The van der Waals surface area contributed by atoms with Crippen molar-refractivity contribution >= 4 is 23.3 Å². The van der Waals surface area contributed by atoms with Crippen LogP contribution in [0.1, 0.15) is 49.0 Å². The molecular weight excluding hydrogens is 360 g/mol. The zero-order valence-corrected chi connectivity index (χ0v) is 16.8. The van der Waals surface area contributed by atoms with E-state index in [4.69, 9.17) is 16.7 Å². The number of aliphatic carboxylic acids is 1. The molecule has 2 aromatic rings. The predicted molar refractivity (Wildman–Crippen MR) is 110 cm³/mol. The van der Waals surface area contributed by atoms with Crippen LogP contribution in [-0.2, 0) is 4.79 Å². The Morgan fingerprint density at radius 2 is 2.00 bits per heavy atom. The van der Waals surface area contributed by atoms with Gasteiger partial charge in [0.15, 0.2) is 0 Å². The second-order valence-electron chi connectivity index (χ2n) is 7.40. The summed E-state index contributed by atoms with van der Waals surface area (Å²) < 4.78 is 0. The summed E-state index contributed by atoms with van der Waals surface area (Å²) in [6.07, 6.45) is 0.966. The monoisotopic (exact) mass is 386 g/mol. The summed E-state index contributed by atoms with van der Waals surface area (Å²) in [6.45, 7) is 7.57. The molecule has 1 aliphatic heterocycles. The van der Waals surface area contributed by atoms with E-state index in [1.807, 2.05) is 13.0 Å². The van der Waals surface area contributed by atoms with Crippen molar-refractivity contribution < 1.29 is 9.90 Å². The van der Waals surface area contributed by atoms with Crippen molar-refractivity contribution in [1.82, 2.24) is 4.90 Å². The minimum atomic E-state index is -0.696. The van der Waals surface area contributed by atoms with E-state index in [1.165, 1.54) is 11.1 Å². The van der Waals surface area contributed by atoms with Crippen molar-refractivity contribution in [2.45, 2.75) is 39.3 Å². The van der Waals surface area contributed by atoms with Crippen molar-refractivity contribution in [3.05, 3.63) is 64.2 Å². The molecular formula is C22H27ClN2O2. The third kappa shape index (κ3) is 4.45. The molecule has 1 heterocycles. The number of hydrogen-bond acceptors (Lipinski definition) is 3. The zero-order valence-electron chi connectivity index (χ0n) is 16.1. The van der Waals surface area contributed by atoms with E-state index in [0.717, 1.165) is 22.7 Å². The number of anilines is 1. The fraction of sp³-hybridized carbons (Fsp3) is 0.409. The zero-order chi connectivity index (χ0) is 19.6. The van der Waals surface area contributed by atoms with Gasteiger partial charge in [0.05, 0.1) is 12.0 Å². The van der Waals surface area contributed by atoms with Crippen LogP contribution in [0.2, 0.25) is 5.02 Å². The van der Waals surface area contributed by atoms with E-state index >= 15 is 0 Å². The third-order valence-corrected chi connectivity index (χ3v) is 5.93. The number of carbonyl (C=O) groups is 1. The highest BCUT2D eigenvalue weighted by Gasteiger charge is 2.35. The molecule has 0 amide bonds. The van der Waals surface area contributed by atoms with Crippen molar-refractivity contribution in [3.63, 3.8) is 0 Å². The minimum absolute atomic E-state index is 0.209. The molecule has 1 saturated heterocycles. The molecule has 0 aromatic heterocycles. The number of carboxylic acids is 1. The average Bonchev–Trinajstić information content (AvgIpc) is 2.60. The summed E-state index contributed by atoms with van der Waals surface area (Å²) in [7, 11) is 0. The van der Waals surface area contributed by atoms with Gasteiger partial charge in [-0.25, -0.2) is 0 Å². The van der Waals surface area contributed by atoms with E-state index in [-0.39, 0.29) is 18.0 Å². The molecule has 1 fully saturated rings. The Kier molecular flexibility index (Phi) is 6.08. The first kappa shape index (κ1) is 19.7. The normalized spacial score (nSPS) is 17.2. The van der Waals surface area contributed by atoms with Gasteiger partial charge < -0.3 is 10.4 Å². The Morgan fingerprint density at radius 3 is 2.63 bits per heavy atom. The standard InChI is InChI=1S/C22H27ClN2O2/c1-4-21(17-8-9-20(23)14(2)10-17)24-19-7-5-6-16(11-19)15(3)25-12-18(13-25)22(26)27/h5-11,15,18,21,24H,4,12-13H2,1-3H3,(H,26,27)/t15?,21-/m1/s1. The molecule has 2 aromatic carbocycles. The molecule has 0 bridgehead atoms. The number of benzene rings is 2.